The highest BCUT2D eigenvalue weighted by Gasteiger charge is 2.31. The van der Waals surface area contributed by atoms with Gasteiger partial charge in [-0.1, -0.05) is 6.07 Å². The van der Waals surface area contributed by atoms with Gasteiger partial charge < -0.3 is 20.1 Å². The summed E-state index contributed by atoms with van der Waals surface area (Å²) in [7, 11) is 0. The van der Waals surface area contributed by atoms with Crippen LogP contribution in [0.4, 0.5) is 16.3 Å². The first-order chi connectivity index (χ1) is 13.1. The lowest BCUT2D eigenvalue weighted by Gasteiger charge is -2.13. The Morgan fingerprint density at radius 2 is 2.33 bits per heavy atom. The van der Waals surface area contributed by atoms with Gasteiger partial charge in [0.05, 0.1) is 12.3 Å². The summed E-state index contributed by atoms with van der Waals surface area (Å²) in [5, 5.41) is 13.5. The number of H-pyrrole nitrogens is 1. The fraction of sp³-hybridized carbons (Fsp3) is 0.474. The number of aromatic amines is 1. The molecule has 1 aromatic carbocycles. The van der Waals surface area contributed by atoms with E-state index < -0.39 is 6.09 Å². The largest absolute Gasteiger partial charge is 0.444 e. The molecular formula is C19H24N4O3S. The highest BCUT2D eigenvalue weighted by Crippen LogP contribution is 2.37. The number of benzene rings is 1. The number of alkyl carbamates (subject to hydrolysis) is 1. The summed E-state index contributed by atoms with van der Waals surface area (Å²) in [5.74, 6) is 1.89. The number of carbonyl (C=O) groups excluding carboxylic acids is 1. The quantitative estimate of drug-likeness (QED) is 0.723. The first kappa shape index (κ1) is 18.2. The molecule has 2 atom stereocenters. The Morgan fingerprint density at radius 3 is 3.19 bits per heavy atom. The van der Waals surface area contributed by atoms with E-state index in [2.05, 4.69) is 39.0 Å². The van der Waals surface area contributed by atoms with Gasteiger partial charge in [-0.3, -0.25) is 5.10 Å². The van der Waals surface area contributed by atoms with Crippen LogP contribution in [0.1, 0.15) is 37.6 Å². The SMILES string of the molecule is CC(C)NC(=O)O[C@@H]1CO[C@H](c2cc(Nc3cccc4c3CCS4)n[nH]2)C1. The molecule has 0 unspecified atom stereocenters. The van der Waals surface area contributed by atoms with Gasteiger partial charge in [-0.25, -0.2) is 4.79 Å². The number of fused-ring (bicyclic) bond motifs is 1. The minimum absolute atomic E-state index is 0.0506. The number of ether oxygens (including phenoxy) is 2. The van der Waals surface area contributed by atoms with Crippen molar-refractivity contribution in [3.8, 4) is 0 Å². The predicted molar refractivity (Wildman–Crippen MR) is 105 cm³/mol. The van der Waals surface area contributed by atoms with E-state index in [-0.39, 0.29) is 18.2 Å². The van der Waals surface area contributed by atoms with E-state index in [0.717, 1.165) is 29.4 Å². The van der Waals surface area contributed by atoms with Crippen LogP contribution in [0.2, 0.25) is 0 Å². The number of rotatable bonds is 5. The Labute approximate surface area is 162 Å². The number of thioether (sulfide) groups is 1. The number of nitrogens with zero attached hydrogens (tertiary/aromatic N) is 1. The van der Waals surface area contributed by atoms with Crippen LogP contribution in [-0.2, 0) is 15.9 Å². The van der Waals surface area contributed by atoms with E-state index >= 15 is 0 Å². The number of carbonyl (C=O) groups is 1. The van der Waals surface area contributed by atoms with Crippen molar-refractivity contribution in [2.24, 2.45) is 0 Å². The van der Waals surface area contributed by atoms with Gasteiger partial charge in [0.2, 0.25) is 0 Å². The Hall–Kier alpha value is -2.19. The summed E-state index contributed by atoms with van der Waals surface area (Å²) in [5.41, 5.74) is 3.35. The van der Waals surface area contributed by atoms with Crippen LogP contribution in [0.15, 0.2) is 29.2 Å². The summed E-state index contributed by atoms with van der Waals surface area (Å²) in [4.78, 5) is 13.1. The van der Waals surface area contributed by atoms with Crippen LogP contribution in [-0.4, -0.2) is 40.8 Å². The van der Waals surface area contributed by atoms with Gasteiger partial charge in [0, 0.05) is 34.9 Å². The monoisotopic (exact) mass is 388 g/mol. The van der Waals surface area contributed by atoms with E-state index in [0.29, 0.717) is 13.0 Å². The molecule has 8 heteroatoms. The van der Waals surface area contributed by atoms with Crippen LogP contribution >= 0.6 is 11.8 Å². The number of anilines is 2. The maximum atomic E-state index is 11.7. The smallest absolute Gasteiger partial charge is 0.407 e. The number of hydrogen-bond acceptors (Lipinski definition) is 6. The molecule has 3 N–H and O–H groups in total. The Morgan fingerprint density at radius 1 is 1.44 bits per heavy atom. The van der Waals surface area contributed by atoms with Crippen LogP contribution in [0.25, 0.3) is 0 Å². The average Bonchev–Trinajstić information content (AvgIpc) is 3.33. The minimum atomic E-state index is -0.401. The van der Waals surface area contributed by atoms with Crippen LogP contribution in [0, 0.1) is 0 Å². The maximum Gasteiger partial charge on any atom is 0.407 e. The van der Waals surface area contributed by atoms with E-state index in [1.165, 1.54) is 10.5 Å². The fourth-order valence-corrected chi connectivity index (χ4v) is 4.45. The fourth-order valence-electron chi connectivity index (χ4n) is 3.36. The van der Waals surface area contributed by atoms with Crippen molar-refractivity contribution in [2.75, 3.05) is 17.7 Å². The van der Waals surface area contributed by atoms with Gasteiger partial charge in [-0.2, -0.15) is 5.10 Å². The molecule has 0 spiro atoms. The predicted octanol–water partition coefficient (Wildman–Crippen LogP) is 3.77. The van der Waals surface area contributed by atoms with Crippen molar-refractivity contribution in [1.82, 2.24) is 15.5 Å². The second-order valence-electron chi connectivity index (χ2n) is 7.10. The molecule has 0 aliphatic carbocycles. The summed E-state index contributed by atoms with van der Waals surface area (Å²) in [6, 6.07) is 8.33. The molecule has 4 rings (SSSR count). The molecule has 1 amide bonds. The van der Waals surface area contributed by atoms with E-state index in [4.69, 9.17) is 9.47 Å². The van der Waals surface area contributed by atoms with Crippen molar-refractivity contribution >= 4 is 29.4 Å². The highest BCUT2D eigenvalue weighted by atomic mass is 32.2. The number of amides is 1. The third-order valence-corrected chi connectivity index (χ3v) is 5.69. The van der Waals surface area contributed by atoms with Gasteiger partial charge in [0.1, 0.15) is 12.2 Å². The van der Waals surface area contributed by atoms with E-state index in [1.54, 1.807) is 0 Å². The summed E-state index contributed by atoms with van der Waals surface area (Å²) in [6.45, 7) is 4.19. The Balaban J connectivity index is 1.36. The summed E-state index contributed by atoms with van der Waals surface area (Å²) in [6.07, 6.45) is 0.889. The molecule has 144 valence electrons. The molecule has 7 nitrogen and oxygen atoms in total. The summed E-state index contributed by atoms with van der Waals surface area (Å²) >= 11 is 1.89. The van der Waals surface area contributed by atoms with Crippen LogP contribution in [0.3, 0.4) is 0 Å². The molecule has 2 aromatic rings. The van der Waals surface area contributed by atoms with E-state index in [1.807, 2.05) is 31.7 Å². The number of aromatic nitrogens is 2. The zero-order valence-corrected chi connectivity index (χ0v) is 16.3. The molecular weight excluding hydrogens is 364 g/mol. The second-order valence-corrected chi connectivity index (χ2v) is 8.24. The second kappa shape index (κ2) is 7.82. The highest BCUT2D eigenvalue weighted by molar-refractivity contribution is 7.99. The first-order valence-corrected chi connectivity index (χ1v) is 10.2. The van der Waals surface area contributed by atoms with Gasteiger partial charge in [0.15, 0.2) is 5.82 Å². The molecule has 1 saturated heterocycles. The third-order valence-electron chi connectivity index (χ3n) is 4.59. The van der Waals surface area contributed by atoms with Crippen molar-refractivity contribution in [3.05, 3.63) is 35.5 Å². The minimum Gasteiger partial charge on any atom is -0.444 e. The van der Waals surface area contributed by atoms with Gasteiger partial charge in [-0.05, 0) is 38.0 Å². The molecule has 0 bridgehead atoms. The zero-order valence-electron chi connectivity index (χ0n) is 15.5. The van der Waals surface area contributed by atoms with E-state index in [9.17, 15) is 4.79 Å². The molecule has 0 saturated carbocycles. The number of hydrogen-bond donors (Lipinski definition) is 3. The van der Waals surface area contributed by atoms with Crippen molar-refractivity contribution in [2.45, 2.75) is 49.8 Å². The maximum absolute atomic E-state index is 11.7. The lowest BCUT2D eigenvalue weighted by molar-refractivity contribution is 0.0682. The molecule has 3 heterocycles. The Kier molecular flexibility index (Phi) is 5.27. The molecule has 2 aliphatic heterocycles. The molecule has 27 heavy (non-hydrogen) atoms. The lowest BCUT2D eigenvalue weighted by Crippen LogP contribution is -2.33. The lowest BCUT2D eigenvalue weighted by atomic mass is 10.1. The average molecular weight is 388 g/mol. The molecule has 1 aromatic heterocycles. The standard InChI is InChI=1S/C19H24N4O3S/c1-11(2)20-19(24)26-12-8-16(25-10-12)15-9-18(23-22-15)21-14-4-3-5-17-13(14)6-7-27-17/h3-5,9,11-12,16H,6-8,10H2,1-2H3,(H,20,24)(H2,21,22,23)/t12-,16-/m0/s1. The molecule has 0 radical (unpaired) electrons. The van der Waals surface area contributed by atoms with Gasteiger partial charge in [-0.15, -0.1) is 11.8 Å². The zero-order chi connectivity index (χ0) is 18.8. The normalized spacial score (nSPS) is 21.3. The summed E-state index contributed by atoms with van der Waals surface area (Å²) < 4.78 is 11.2. The third kappa shape index (κ3) is 4.22. The van der Waals surface area contributed by atoms with Gasteiger partial charge in [0.25, 0.3) is 0 Å². The van der Waals surface area contributed by atoms with Crippen molar-refractivity contribution in [3.63, 3.8) is 0 Å². The van der Waals surface area contributed by atoms with Crippen molar-refractivity contribution in [1.29, 1.82) is 0 Å². The van der Waals surface area contributed by atoms with Gasteiger partial charge >= 0.3 is 6.09 Å². The van der Waals surface area contributed by atoms with Crippen molar-refractivity contribution < 1.29 is 14.3 Å². The molecule has 1 fully saturated rings. The molecule has 2 aliphatic rings. The topological polar surface area (TPSA) is 88.3 Å². The van der Waals surface area contributed by atoms with Crippen LogP contribution < -0.4 is 10.6 Å². The van der Waals surface area contributed by atoms with Crippen LogP contribution in [0.5, 0.6) is 0 Å². The Bertz CT molecular complexity index is 823. The first-order valence-electron chi connectivity index (χ1n) is 9.24. The number of nitrogens with one attached hydrogen (secondary N) is 3.